The van der Waals surface area contributed by atoms with E-state index in [1.54, 1.807) is 6.92 Å². The van der Waals surface area contributed by atoms with Gasteiger partial charge in [0, 0.05) is 12.7 Å². The summed E-state index contributed by atoms with van der Waals surface area (Å²) in [6, 6.07) is 9.46. The average Bonchev–Trinajstić information content (AvgIpc) is 2.94. The van der Waals surface area contributed by atoms with Crippen LogP contribution in [0.5, 0.6) is 0 Å². The van der Waals surface area contributed by atoms with E-state index in [2.05, 4.69) is 4.98 Å². The Hall–Kier alpha value is -2.72. The number of aromatic nitrogens is 3. The van der Waals surface area contributed by atoms with E-state index in [1.165, 1.54) is 22.1 Å². The summed E-state index contributed by atoms with van der Waals surface area (Å²) < 4.78 is 3.42. The Morgan fingerprint density at radius 1 is 1.32 bits per heavy atom. The largest absolute Gasteiger partial charge is 0.331 e. The van der Waals surface area contributed by atoms with Crippen molar-refractivity contribution in [3.05, 3.63) is 61.9 Å². The molecule has 0 saturated carbocycles. The van der Waals surface area contributed by atoms with Crippen LogP contribution in [0.4, 0.5) is 0 Å². The van der Waals surface area contributed by atoms with E-state index in [-0.39, 0.29) is 12.1 Å². The molecule has 0 radical (unpaired) electrons. The van der Waals surface area contributed by atoms with Crippen molar-refractivity contribution in [1.82, 2.24) is 14.1 Å². The molecule has 2 aromatic heterocycles. The maximum absolute atomic E-state index is 12.3. The van der Waals surface area contributed by atoms with Gasteiger partial charge in [-0.25, -0.2) is 9.78 Å². The molecule has 3 aromatic rings. The summed E-state index contributed by atoms with van der Waals surface area (Å²) in [5.74, 6) is 0. The normalized spacial score (nSPS) is 10.7. The highest BCUT2D eigenvalue weighted by Crippen LogP contribution is 2.21. The highest BCUT2D eigenvalue weighted by molar-refractivity contribution is 7.18. The second-order valence-corrected chi connectivity index (χ2v) is 5.80. The number of hydrogen-bond acceptors (Lipinski definition) is 5. The molecular weight excluding hydrogens is 300 g/mol. The quantitative estimate of drug-likeness (QED) is 0.735. The summed E-state index contributed by atoms with van der Waals surface area (Å²) in [7, 11) is 0. The molecule has 0 saturated heterocycles. The number of hydrogen-bond donors (Lipinski definition) is 0. The van der Waals surface area contributed by atoms with E-state index in [4.69, 9.17) is 5.26 Å². The van der Waals surface area contributed by atoms with Crippen LogP contribution in [0.1, 0.15) is 17.5 Å². The van der Waals surface area contributed by atoms with Crippen LogP contribution < -0.4 is 11.2 Å². The molecule has 0 spiro atoms. The molecule has 0 aliphatic heterocycles. The predicted molar refractivity (Wildman–Crippen MR) is 84.1 cm³/mol. The Bertz CT molecular complexity index is 974. The maximum Gasteiger partial charge on any atom is 0.331 e. The Labute approximate surface area is 129 Å². The fraction of sp³-hybridized carbons (Fsp3) is 0.200. The first kappa shape index (κ1) is 14.2. The van der Waals surface area contributed by atoms with E-state index in [0.717, 1.165) is 14.8 Å². The van der Waals surface area contributed by atoms with Crippen molar-refractivity contribution in [3.63, 3.8) is 0 Å². The van der Waals surface area contributed by atoms with Gasteiger partial charge in [0.15, 0.2) is 0 Å². The second kappa shape index (κ2) is 5.58. The number of nitrogens with zero attached hydrogens (tertiary/aromatic N) is 4. The Balaban J connectivity index is 2.14. The number of aryl methyl sites for hydroxylation is 1. The van der Waals surface area contributed by atoms with Crippen molar-refractivity contribution in [1.29, 1.82) is 5.26 Å². The van der Waals surface area contributed by atoms with Gasteiger partial charge < -0.3 is 0 Å². The third-order valence-corrected chi connectivity index (χ3v) is 4.35. The van der Waals surface area contributed by atoms with Crippen LogP contribution in [0.3, 0.4) is 0 Å². The van der Waals surface area contributed by atoms with Crippen LogP contribution in [0.2, 0.25) is 0 Å². The van der Waals surface area contributed by atoms with Crippen molar-refractivity contribution in [3.8, 4) is 6.07 Å². The van der Waals surface area contributed by atoms with Crippen molar-refractivity contribution in [2.75, 3.05) is 0 Å². The van der Waals surface area contributed by atoms with Gasteiger partial charge in [-0.3, -0.25) is 13.9 Å². The first-order chi connectivity index (χ1) is 10.6. The SMILES string of the molecule is CCn1cc(C#N)c(=O)n(Cc2nc3ccccc3s2)c1=O. The highest BCUT2D eigenvalue weighted by atomic mass is 32.1. The average molecular weight is 312 g/mol. The summed E-state index contributed by atoms with van der Waals surface area (Å²) in [6.45, 7) is 2.26. The van der Waals surface area contributed by atoms with Crippen molar-refractivity contribution >= 4 is 21.6 Å². The number of fused-ring (bicyclic) bond motifs is 1. The van der Waals surface area contributed by atoms with Gasteiger partial charge in [0.25, 0.3) is 5.56 Å². The van der Waals surface area contributed by atoms with Crippen molar-refractivity contribution in [2.45, 2.75) is 20.0 Å². The molecule has 0 aliphatic rings. The van der Waals surface area contributed by atoms with Gasteiger partial charge in [-0.05, 0) is 19.1 Å². The molecule has 0 unspecified atom stereocenters. The number of nitriles is 1. The van der Waals surface area contributed by atoms with Crippen LogP contribution >= 0.6 is 11.3 Å². The molecule has 0 N–H and O–H groups in total. The van der Waals surface area contributed by atoms with Gasteiger partial charge in [0.05, 0.1) is 16.8 Å². The molecule has 0 atom stereocenters. The standard InChI is InChI=1S/C15H12N4O2S/c1-2-18-8-10(7-16)14(20)19(15(18)21)9-13-17-11-5-3-4-6-12(11)22-13/h3-6,8H,2,9H2,1H3. The third kappa shape index (κ3) is 2.34. The van der Waals surface area contributed by atoms with Crippen LogP contribution in [0, 0.1) is 11.3 Å². The Morgan fingerprint density at radius 3 is 2.77 bits per heavy atom. The fourth-order valence-electron chi connectivity index (χ4n) is 2.22. The summed E-state index contributed by atoms with van der Waals surface area (Å²) in [5.41, 5.74) is -0.201. The lowest BCUT2D eigenvalue weighted by Crippen LogP contribution is -2.40. The van der Waals surface area contributed by atoms with Gasteiger partial charge in [0.2, 0.25) is 0 Å². The minimum atomic E-state index is -0.573. The lowest BCUT2D eigenvalue weighted by Gasteiger charge is -2.07. The zero-order valence-electron chi connectivity index (χ0n) is 11.8. The fourth-order valence-corrected chi connectivity index (χ4v) is 3.18. The van der Waals surface area contributed by atoms with Gasteiger partial charge in [-0.15, -0.1) is 11.3 Å². The molecular formula is C15H12N4O2S. The molecule has 0 bridgehead atoms. The first-order valence-electron chi connectivity index (χ1n) is 6.73. The molecule has 3 rings (SSSR count). The van der Waals surface area contributed by atoms with E-state index in [0.29, 0.717) is 11.6 Å². The summed E-state index contributed by atoms with van der Waals surface area (Å²) in [5, 5.41) is 9.71. The molecule has 6 nitrogen and oxygen atoms in total. The van der Waals surface area contributed by atoms with Crippen LogP contribution in [0.15, 0.2) is 40.1 Å². The van der Waals surface area contributed by atoms with Crippen LogP contribution in [-0.2, 0) is 13.1 Å². The first-order valence-corrected chi connectivity index (χ1v) is 7.54. The Kier molecular flexibility index (Phi) is 3.61. The predicted octanol–water partition coefficient (Wildman–Crippen LogP) is 1.56. The number of benzene rings is 1. The zero-order valence-corrected chi connectivity index (χ0v) is 12.6. The maximum atomic E-state index is 12.3. The second-order valence-electron chi connectivity index (χ2n) is 4.69. The third-order valence-electron chi connectivity index (χ3n) is 3.33. The summed E-state index contributed by atoms with van der Waals surface area (Å²) >= 11 is 1.43. The molecule has 110 valence electrons. The molecule has 1 aromatic carbocycles. The number of thiazole rings is 1. The van der Waals surface area contributed by atoms with Crippen LogP contribution in [0.25, 0.3) is 10.2 Å². The minimum absolute atomic E-state index is 0.0393. The van der Waals surface area contributed by atoms with E-state index < -0.39 is 11.2 Å². The Morgan fingerprint density at radius 2 is 2.09 bits per heavy atom. The van der Waals surface area contributed by atoms with Gasteiger partial charge in [-0.1, -0.05) is 12.1 Å². The monoisotopic (exact) mass is 312 g/mol. The van der Waals surface area contributed by atoms with E-state index in [9.17, 15) is 9.59 Å². The highest BCUT2D eigenvalue weighted by Gasteiger charge is 2.13. The summed E-state index contributed by atoms with van der Waals surface area (Å²) in [6.07, 6.45) is 1.31. The number of para-hydroxylation sites is 1. The van der Waals surface area contributed by atoms with E-state index >= 15 is 0 Å². The van der Waals surface area contributed by atoms with Crippen molar-refractivity contribution in [2.24, 2.45) is 0 Å². The van der Waals surface area contributed by atoms with Crippen molar-refractivity contribution < 1.29 is 0 Å². The molecule has 0 aliphatic carbocycles. The molecule has 0 amide bonds. The van der Waals surface area contributed by atoms with Gasteiger partial charge >= 0.3 is 5.69 Å². The van der Waals surface area contributed by atoms with Crippen LogP contribution in [-0.4, -0.2) is 14.1 Å². The van der Waals surface area contributed by atoms with Gasteiger partial charge in [-0.2, -0.15) is 5.26 Å². The lowest BCUT2D eigenvalue weighted by atomic mass is 10.3. The molecule has 2 heterocycles. The van der Waals surface area contributed by atoms with Gasteiger partial charge in [0.1, 0.15) is 16.6 Å². The van der Waals surface area contributed by atoms with E-state index in [1.807, 2.05) is 30.3 Å². The molecule has 22 heavy (non-hydrogen) atoms. The summed E-state index contributed by atoms with van der Waals surface area (Å²) in [4.78, 5) is 28.9. The molecule has 7 heteroatoms. The minimum Gasteiger partial charge on any atom is -0.299 e. The lowest BCUT2D eigenvalue weighted by molar-refractivity contribution is 0.596. The topological polar surface area (TPSA) is 80.7 Å². The number of rotatable bonds is 3. The molecule has 0 fully saturated rings. The smallest absolute Gasteiger partial charge is 0.299 e. The zero-order chi connectivity index (χ0) is 15.7.